The SMILES string of the molecule is CC(=O)c1ccc2[nH]c3cc(CC(=O)O)ccc3c2c1. The van der Waals surface area contributed by atoms with Gasteiger partial charge in [-0.25, -0.2) is 0 Å². The molecule has 0 aliphatic carbocycles. The van der Waals surface area contributed by atoms with E-state index < -0.39 is 5.97 Å². The first-order valence-electron chi connectivity index (χ1n) is 6.32. The molecule has 0 aliphatic rings. The van der Waals surface area contributed by atoms with Crippen molar-refractivity contribution in [3.63, 3.8) is 0 Å². The summed E-state index contributed by atoms with van der Waals surface area (Å²) >= 11 is 0. The fourth-order valence-electron chi connectivity index (χ4n) is 2.45. The van der Waals surface area contributed by atoms with Gasteiger partial charge in [0.1, 0.15) is 0 Å². The predicted molar refractivity (Wildman–Crippen MR) is 77.1 cm³/mol. The highest BCUT2D eigenvalue weighted by atomic mass is 16.4. The minimum Gasteiger partial charge on any atom is -0.481 e. The summed E-state index contributed by atoms with van der Waals surface area (Å²) in [5.41, 5.74) is 3.26. The van der Waals surface area contributed by atoms with E-state index in [1.807, 2.05) is 30.3 Å². The van der Waals surface area contributed by atoms with E-state index in [0.29, 0.717) is 5.56 Å². The van der Waals surface area contributed by atoms with Crippen molar-refractivity contribution in [1.29, 1.82) is 0 Å². The molecule has 1 aromatic heterocycles. The van der Waals surface area contributed by atoms with Crippen LogP contribution in [-0.2, 0) is 11.2 Å². The van der Waals surface area contributed by atoms with Crippen molar-refractivity contribution < 1.29 is 14.7 Å². The summed E-state index contributed by atoms with van der Waals surface area (Å²) in [6.07, 6.45) is 0.00397. The maximum Gasteiger partial charge on any atom is 0.307 e. The van der Waals surface area contributed by atoms with Crippen molar-refractivity contribution in [2.24, 2.45) is 0 Å². The molecule has 1 heterocycles. The number of aromatic amines is 1. The zero-order chi connectivity index (χ0) is 14.3. The highest BCUT2D eigenvalue weighted by molar-refractivity contribution is 6.10. The number of H-pyrrole nitrogens is 1. The Morgan fingerprint density at radius 2 is 1.85 bits per heavy atom. The minimum atomic E-state index is -0.848. The number of fused-ring (bicyclic) bond motifs is 3. The number of ketones is 1. The van der Waals surface area contributed by atoms with Crippen molar-refractivity contribution in [3.05, 3.63) is 47.5 Å². The Hall–Kier alpha value is -2.62. The van der Waals surface area contributed by atoms with Crippen LogP contribution in [-0.4, -0.2) is 21.8 Å². The van der Waals surface area contributed by atoms with E-state index >= 15 is 0 Å². The van der Waals surface area contributed by atoms with Gasteiger partial charge in [0, 0.05) is 27.4 Å². The largest absolute Gasteiger partial charge is 0.481 e. The standard InChI is InChI=1S/C16H13NO3/c1-9(18)11-3-5-14-13(8-11)12-4-2-10(7-16(19)20)6-15(12)17-14/h2-6,8,17H,7H2,1H3,(H,19,20). The second-order valence-electron chi connectivity index (χ2n) is 4.89. The molecule has 100 valence electrons. The monoisotopic (exact) mass is 267 g/mol. The lowest BCUT2D eigenvalue weighted by molar-refractivity contribution is -0.136. The number of benzene rings is 2. The smallest absolute Gasteiger partial charge is 0.307 e. The summed E-state index contributed by atoms with van der Waals surface area (Å²) in [6.45, 7) is 1.54. The van der Waals surface area contributed by atoms with E-state index in [2.05, 4.69) is 4.98 Å². The number of carboxylic acid groups (broad SMARTS) is 1. The normalized spacial score (nSPS) is 11.1. The van der Waals surface area contributed by atoms with E-state index in [4.69, 9.17) is 5.11 Å². The van der Waals surface area contributed by atoms with Crippen molar-refractivity contribution in [2.75, 3.05) is 0 Å². The quantitative estimate of drug-likeness (QED) is 0.716. The van der Waals surface area contributed by atoms with E-state index in [1.54, 1.807) is 13.0 Å². The lowest BCUT2D eigenvalue weighted by Gasteiger charge is -1.98. The second kappa shape index (κ2) is 4.49. The van der Waals surface area contributed by atoms with Crippen molar-refractivity contribution in [3.8, 4) is 0 Å². The number of carbonyl (C=O) groups excluding carboxylic acids is 1. The third-order valence-electron chi connectivity index (χ3n) is 3.42. The molecule has 0 saturated heterocycles. The van der Waals surface area contributed by atoms with Crippen LogP contribution in [0.5, 0.6) is 0 Å². The van der Waals surface area contributed by atoms with Crippen LogP contribution in [0.25, 0.3) is 21.8 Å². The number of aromatic nitrogens is 1. The molecular formula is C16H13NO3. The molecule has 3 rings (SSSR count). The Kier molecular flexibility index (Phi) is 2.79. The van der Waals surface area contributed by atoms with E-state index in [1.165, 1.54) is 0 Å². The molecule has 0 amide bonds. The summed E-state index contributed by atoms with van der Waals surface area (Å²) in [7, 11) is 0. The number of carbonyl (C=O) groups is 2. The zero-order valence-corrected chi connectivity index (χ0v) is 10.9. The Bertz CT molecular complexity index is 845. The number of rotatable bonds is 3. The molecule has 20 heavy (non-hydrogen) atoms. The van der Waals surface area contributed by atoms with Gasteiger partial charge in [-0.3, -0.25) is 9.59 Å². The molecule has 2 N–H and O–H groups in total. The van der Waals surface area contributed by atoms with Gasteiger partial charge in [0.05, 0.1) is 6.42 Å². The zero-order valence-electron chi connectivity index (χ0n) is 10.9. The van der Waals surface area contributed by atoms with Crippen LogP contribution in [0.4, 0.5) is 0 Å². The fraction of sp³-hybridized carbons (Fsp3) is 0.125. The van der Waals surface area contributed by atoms with Gasteiger partial charge in [0.25, 0.3) is 0 Å². The number of hydrogen-bond donors (Lipinski definition) is 2. The van der Waals surface area contributed by atoms with E-state index in [9.17, 15) is 9.59 Å². The summed E-state index contributed by atoms with van der Waals surface area (Å²) < 4.78 is 0. The van der Waals surface area contributed by atoms with Gasteiger partial charge in [0.2, 0.25) is 0 Å². The Labute approximate surface area is 115 Å². The Morgan fingerprint density at radius 1 is 1.05 bits per heavy atom. The first-order chi connectivity index (χ1) is 9.54. The van der Waals surface area contributed by atoms with Crippen LogP contribution in [0.1, 0.15) is 22.8 Å². The summed E-state index contributed by atoms with van der Waals surface area (Å²) in [5.74, 6) is -0.817. The number of Topliss-reactive ketones (excluding diaryl/α,β-unsaturated/α-hetero) is 1. The van der Waals surface area contributed by atoms with Gasteiger partial charge in [0.15, 0.2) is 5.78 Å². The molecule has 0 radical (unpaired) electrons. The molecular weight excluding hydrogens is 254 g/mol. The first-order valence-corrected chi connectivity index (χ1v) is 6.32. The predicted octanol–water partition coefficient (Wildman–Crippen LogP) is 3.15. The molecule has 0 aliphatic heterocycles. The molecule has 0 saturated carbocycles. The maximum atomic E-state index is 11.4. The minimum absolute atomic E-state index is 0.00397. The van der Waals surface area contributed by atoms with Crippen molar-refractivity contribution in [1.82, 2.24) is 4.98 Å². The van der Waals surface area contributed by atoms with Gasteiger partial charge in [-0.15, -0.1) is 0 Å². The Balaban J connectivity index is 2.21. The molecule has 3 aromatic rings. The third kappa shape index (κ3) is 2.05. The summed E-state index contributed by atoms with van der Waals surface area (Å²) in [4.78, 5) is 25.4. The first kappa shape index (κ1) is 12.4. The van der Waals surface area contributed by atoms with Crippen LogP contribution in [0.2, 0.25) is 0 Å². The lowest BCUT2D eigenvalue weighted by Crippen LogP contribution is -1.99. The van der Waals surface area contributed by atoms with Gasteiger partial charge in [-0.05, 0) is 36.8 Å². The lowest BCUT2D eigenvalue weighted by atomic mass is 10.1. The van der Waals surface area contributed by atoms with E-state index in [0.717, 1.165) is 27.4 Å². The maximum absolute atomic E-state index is 11.4. The molecule has 0 spiro atoms. The Morgan fingerprint density at radius 3 is 2.55 bits per heavy atom. The van der Waals surface area contributed by atoms with Gasteiger partial charge in [-0.2, -0.15) is 0 Å². The summed E-state index contributed by atoms with van der Waals surface area (Å²) in [5, 5.41) is 10.8. The van der Waals surface area contributed by atoms with Crippen LogP contribution in [0.15, 0.2) is 36.4 Å². The average molecular weight is 267 g/mol. The van der Waals surface area contributed by atoms with Crippen molar-refractivity contribution in [2.45, 2.75) is 13.3 Å². The van der Waals surface area contributed by atoms with E-state index in [-0.39, 0.29) is 12.2 Å². The van der Waals surface area contributed by atoms with Gasteiger partial charge in [-0.1, -0.05) is 12.1 Å². The average Bonchev–Trinajstić information content (AvgIpc) is 2.74. The second-order valence-corrected chi connectivity index (χ2v) is 4.89. The number of hydrogen-bond acceptors (Lipinski definition) is 2. The van der Waals surface area contributed by atoms with Crippen LogP contribution in [0, 0.1) is 0 Å². The molecule has 0 fully saturated rings. The molecule has 4 nitrogen and oxygen atoms in total. The third-order valence-corrected chi connectivity index (χ3v) is 3.42. The van der Waals surface area contributed by atoms with Gasteiger partial charge < -0.3 is 10.1 Å². The highest BCUT2D eigenvalue weighted by Gasteiger charge is 2.08. The van der Waals surface area contributed by atoms with Crippen LogP contribution < -0.4 is 0 Å². The number of nitrogens with one attached hydrogen (secondary N) is 1. The molecule has 2 aromatic carbocycles. The van der Waals surface area contributed by atoms with Crippen LogP contribution >= 0.6 is 0 Å². The number of aliphatic carboxylic acids is 1. The molecule has 0 bridgehead atoms. The highest BCUT2D eigenvalue weighted by Crippen LogP contribution is 2.27. The topological polar surface area (TPSA) is 70.2 Å². The number of carboxylic acids is 1. The van der Waals surface area contributed by atoms with Gasteiger partial charge >= 0.3 is 5.97 Å². The van der Waals surface area contributed by atoms with Crippen LogP contribution in [0.3, 0.4) is 0 Å². The van der Waals surface area contributed by atoms with Crippen molar-refractivity contribution >= 4 is 33.6 Å². The molecule has 0 atom stereocenters. The summed E-state index contributed by atoms with van der Waals surface area (Å²) in [6, 6.07) is 11.1. The molecule has 0 unspecified atom stereocenters. The molecule has 4 heteroatoms. The fourth-order valence-corrected chi connectivity index (χ4v) is 2.45.